The van der Waals surface area contributed by atoms with Crippen molar-refractivity contribution in [3.63, 3.8) is 0 Å². The molecule has 1 aliphatic rings. The van der Waals surface area contributed by atoms with Crippen molar-refractivity contribution in [2.45, 2.75) is 38.8 Å². The monoisotopic (exact) mass is 234 g/mol. The van der Waals surface area contributed by atoms with Gasteiger partial charge in [0, 0.05) is 12.1 Å². The molecule has 1 amide bonds. The summed E-state index contributed by atoms with van der Waals surface area (Å²) in [7, 11) is -3.26. The van der Waals surface area contributed by atoms with Gasteiger partial charge in [-0.1, -0.05) is 0 Å². The van der Waals surface area contributed by atoms with E-state index in [1.165, 1.54) is 4.31 Å². The van der Waals surface area contributed by atoms with E-state index in [0.29, 0.717) is 0 Å². The summed E-state index contributed by atoms with van der Waals surface area (Å²) in [6.07, 6.45) is 2.87. The van der Waals surface area contributed by atoms with E-state index in [0.717, 1.165) is 19.1 Å². The highest BCUT2D eigenvalue weighted by atomic mass is 32.2. The van der Waals surface area contributed by atoms with Crippen molar-refractivity contribution in [3.8, 4) is 0 Å². The lowest BCUT2D eigenvalue weighted by Crippen LogP contribution is -2.43. The van der Waals surface area contributed by atoms with E-state index in [1.54, 1.807) is 0 Å². The zero-order valence-electron chi connectivity index (χ0n) is 9.36. The second-order valence-corrected chi connectivity index (χ2v) is 6.20. The molecule has 88 valence electrons. The lowest BCUT2D eigenvalue weighted by Gasteiger charge is -2.19. The van der Waals surface area contributed by atoms with Gasteiger partial charge in [-0.2, -0.15) is 4.31 Å². The summed E-state index contributed by atoms with van der Waals surface area (Å²) in [6, 6.07) is 0.0797. The molecule has 0 aromatic rings. The summed E-state index contributed by atoms with van der Waals surface area (Å²) >= 11 is 0. The van der Waals surface area contributed by atoms with Crippen LogP contribution in [0.1, 0.15) is 26.7 Å². The van der Waals surface area contributed by atoms with Gasteiger partial charge in [-0.05, 0) is 26.7 Å². The summed E-state index contributed by atoms with van der Waals surface area (Å²) in [5.74, 6) is -0.234. The van der Waals surface area contributed by atoms with Crippen molar-refractivity contribution in [1.82, 2.24) is 9.62 Å². The number of hydrogen-bond acceptors (Lipinski definition) is 3. The van der Waals surface area contributed by atoms with Crippen LogP contribution in [0.4, 0.5) is 0 Å². The zero-order chi connectivity index (χ0) is 11.6. The molecule has 1 rings (SSSR count). The first-order valence-corrected chi connectivity index (χ1v) is 6.91. The lowest BCUT2D eigenvalue weighted by atomic mass is 10.4. The Hall–Kier alpha value is -0.620. The number of amides is 1. The van der Waals surface area contributed by atoms with Gasteiger partial charge in [0.1, 0.15) is 0 Å². The van der Waals surface area contributed by atoms with E-state index in [9.17, 15) is 13.2 Å². The molecule has 1 saturated carbocycles. The largest absolute Gasteiger partial charge is 0.353 e. The Bertz CT molecular complexity index is 333. The Kier molecular flexibility index (Phi) is 3.72. The fourth-order valence-corrected chi connectivity index (χ4v) is 2.49. The maximum absolute atomic E-state index is 11.4. The third-order valence-electron chi connectivity index (χ3n) is 2.13. The van der Waals surface area contributed by atoms with Crippen LogP contribution in [0.5, 0.6) is 0 Å². The summed E-state index contributed by atoms with van der Waals surface area (Å²) in [5, 5.41) is 2.68. The molecule has 0 atom stereocenters. The zero-order valence-corrected chi connectivity index (χ0v) is 10.2. The van der Waals surface area contributed by atoms with Crippen molar-refractivity contribution in [3.05, 3.63) is 0 Å². The van der Waals surface area contributed by atoms with Gasteiger partial charge in [0.25, 0.3) is 0 Å². The molecule has 0 bridgehead atoms. The Morgan fingerprint density at radius 3 is 2.33 bits per heavy atom. The van der Waals surface area contributed by atoms with Crippen LogP contribution in [0.2, 0.25) is 0 Å². The van der Waals surface area contributed by atoms with Crippen LogP contribution in [0.15, 0.2) is 0 Å². The van der Waals surface area contributed by atoms with Crippen LogP contribution in [-0.2, 0) is 14.8 Å². The first-order valence-electron chi connectivity index (χ1n) is 5.07. The molecule has 0 aromatic carbocycles. The predicted octanol–water partition coefficient (Wildman–Crippen LogP) is -0.0650. The van der Waals surface area contributed by atoms with Crippen LogP contribution in [0.3, 0.4) is 0 Å². The van der Waals surface area contributed by atoms with E-state index < -0.39 is 10.0 Å². The number of carbonyl (C=O) groups is 1. The summed E-state index contributed by atoms with van der Waals surface area (Å²) < 4.78 is 24.0. The lowest BCUT2D eigenvalue weighted by molar-refractivity contribution is -0.121. The van der Waals surface area contributed by atoms with E-state index in [4.69, 9.17) is 0 Å². The van der Waals surface area contributed by atoms with E-state index in [1.807, 2.05) is 13.8 Å². The highest BCUT2D eigenvalue weighted by Crippen LogP contribution is 2.28. The third-order valence-corrected chi connectivity index (χ3v) is 3.41. The van der Waals surface area contributed by atoms with Crippen LogP contribution in [-0.4, -0.2) is 43.5 Å². The topological polar surface area (TPSA) is 66.5 Å². The molecule has 0 aliphatic heterocycles. The molecular formula is C9H18N2O3S. The second-order valence-electron chi connectivity index (χ2n) is 4.26. The third kappa shape index (κ3) is 4.17. The van der Waals surface area contributed by atoms with E-state index in [2.05, 4.69) is 5.32 Å². The van der Waals surface area contributed by atoms with Crippen molar-refractivity contribution in [1.29, 1.82) is 0 Å². The minimum absolute atomic E-state index is 0.0397. The molecule has 0 radical (unpaired) electrons. The number of nitrogens with zero attached hydrogens (tertiary/aromatic N) is 1. The first-order chi connectivity index (χ1) is 6.80. The van der Waals surface area contributed by atoms with Gasteiger partial charge >= 0.3 is 0 Å². The Balaban J connectivity index is 2.56. The number of carbonyl (C=O) groups excluding carboxylic acids is 1. The van der Waals surface area contributed by atoms with E-state index >= 15 is 0 Å². The predicted molar refractivity (Wildman–Crippen MR) is 57.9 cm³/mol. The highest BCUT2D eigenvalue weighted by molar-refractivity contribution is 7.88. The van der Waals surface area contributed by atoms with Crippen LogP contribution in [0.25, 0.3) is 0 Å². The average molecular weight is 234 g/mol. The summed E-state index contributed by atoms with van der Waals surface area (Å²) in [5.41, 5.74) is 0. The van der Waals surface area contributed by atoms with Gasteiger partial charge in [0.15, 0.2) is 0 Å². The normalized spacial score (nSPS) is 17.1. The number of hydrogen-bond donors (Lipinski definition) is 1. The minimum atomic E-state index is -3.26. The molecule has 0 unspecified atom stereocenters. The molecule has 6 heteroatoms. The van der Waals surface area contributed by atoms with Gasteiger partial charge in [0.05, 0.1) is 12.8 Å². The summed E-state index contributed by atoms with van der Waals surface area (Å²) in [4.78, 5) is 11.4. The quantitative estimate of drug-likeness (QED) is 0.724. The maximum Gasteiger partial charge on any atom is 0.235 e. The van der Waals surface area contributed by atoms with Crippen LogP contribution < -0.4 is 5.32 Å². The Labute approximate surface area is 90.9 Å². The molecule has 0 aromatic heterocycles. The fourth-order valence-electron chi connectivity index (χ4n) is 1.39. The molecule has 15 heavy (non-hydrogen) atoms. The molecule has 0 spiro atoms. The van der Waals surface area contributed by atoms with Crippen LogP contribution in [0, 0.1) is 0 Å². The van der Waals surface area contributed by atoms with Gasteiger partial charge in [-0.15, -0.1) is 0 Å². The van der Waals surface area contributed by atoms with Crippen molar-refractivity contribution < 1.29 is 13.2 Å². The smallest absolute Gasteiger partial charge is 0.235 e. The maximum atomic E-state index is 11.4. The molecule has 5 nitrogen and oxygen atoms in total. The first kappa shape index (κ1) is 12.4. The highest BCUT2D eigenvalue weighted by Gasteiger charge is 2.36. The van der Waals surface area contributed by atoms with Gasteiger partial charge in [0.2, 0.25) is 15.9 Å². The average Bonchev–Trinajstić information content (AvgIpc) is 2.78. The SMILES string of the molecule is CC(C)NC(=O)CN(C1CC1)S(C)(=O)=O. The number of nitrogens with one attached hydrogen (secondary N) is 1. The second kappa shape index (κ2) is 4.49. The molecule has 1 aliphatic carbocycles. The Morgan fingerprint density at radius 2 is 2.00 bits per heavy atom. The number of rotatable bonds is 5. The molecule has 1 fully saturated rings. The van der Waals surface area contributed by atoms with Gasteiger partial charge in [-0.3, -0.25) is 4.79 Å². The standard InChI is InChI=1S/C9H18N2O3S/c1-7(2)10-9(12)6-11(8-4-5-8)15(3,13)14/h7-8H,4-6H2,1-3H3,(H,10,12). The molecule has 0 heterocycles. The molecule has 1 N–H and O–H groups in total. The van der Waals surface area contributed by atoms with Gasteiger partial charge < -0.3 is 5.32 Å². The van der Waals surface area contributed by atoms with Gasteiger partial charge in [-0.25, -0.2) is 8.42 Å². The van der Waals surface area contributed by atoms with Crippen molar-refractivity contribution in [2.75, 3.05) is 12.8 Å². The van der Waals surface area contributed by atoms with Crippen LogP contribution >= 0.6 is 0 Å². The number of sulfonamides is 1. The fraction of sp³-hybridized carbons (Fsp3) is 0.889. The molecule has 0 saturated heterocycles. The summed E-state index contributed by atoms with van der Waals surface area (Å²) in [6.45, 7) is 3.64. The Morgan fingerprint density at radius 1 is 1.47 bits per heavy atom. The van der Waals surface area contributed by atoms with Crippen molar-refractivity contribution >= 4 is 15.9 Å². The minimum Gasteiger partial charge on any atom is -0.353 e. The van der Waals surface area contributed by atoms with Crippen molar-refractivity contribution in [2.24, 2.45) is 0 Å². The molecular weight excluding hydrogens is 216 g/mol. The van der Waals surface area contributed by atoms with E-state index in [-0.39, 0.29) is 24.5 Å².